The lowest BCUT2D eigenvalue weighted by Gasteiger charge is -2.47. The summed E-state index contributed by atoms with van der Waals surface area (Å²) in [6.07, 6.45) is 0.395. The van der Waals surface area contributed by atoms with Crippen LogP contribution in [0.2, 0.25) is 0 Å². The van der Waals surface area contributed by atoms with Crippen LogP contribution in [-0.2, 0) is 9.53 Å². The molecule has 6 heteroatoms. The Hall–Kier alpha value is -3.15. The zero-order valence-electron chi connectivity index (χ0n) is 16.1. The molecule has 0 aliphatic carbocycles. The third-order valence-corrected chi connectivity index (χ3v) is 5.36. The number of rotatable bonds is 4. The van der Waals surface area contributed by atoms with Gasteiger partial charge in [-0.1, -0.05) is 25.1 Å². The Morgan fingerprint density at radius 2 is 1.82 bits per heavy atom. The number of carbonyl (C=O) groups excluding carboxylic acids is 2. The number of esters is 1. The molecule has 1 amide bonds. The van der Waals surface area contributed by atoms with Gasteiger partial charge in [-0.25, -0.2) is 9.59 Å². The molecule has 146 valence electrons. The number of hydrogen-bond donors (Lipinski definition) is 1. The van der Waals surface area contributed by atoms with Crippen LogP contribution >= 0.6 is 0 Å². The molecule has 0 aromatic heterocycles. The van der Waals surface area contributed by atoms with Crippen molar-refractivity contribution >= 4 is 23.5 Å². The Morgan fingerprint density at radius 3 is 2.39 bits per heavy atom. The van der Waals surface area contributed by atoms with Gasteiger partial charge in [0.15, 0.2) is 0 Å². The van der Waals surface area contributed by atoms with E-state index in [-0.39, 0.29) is 11.5 Å². The van der Waals surface area contributed by atoms with Crippen LogP contribution in [0.5, 0.6) is 0 Å². The number of fused-ring (bicyclic) bond motifs is 1. The van der Waals surface area contributed by atoms with Gasteiger partial charge >= 0.3 is 11.9 Å². The van der Waals surface area contributed by atoms with Crippen LogP contribution in [0, 0.1) is 0 Å². The van der Waals surface area contributed by atoms with Gasteiger partial charge in [0, 0.05) is 24.4 Å². The molecule has 2 aromatic carbocycles. The number of anilines is 1. The maximum Gasteiger partial charge on any atom is 0.338 e. The van der Waals surface area contributed by atoms with Crippen molar-refractivity contribution in [1.82, 2.24) is 0 Å². The molecular weight excluding hydrogens is 358 g/mol. The number of ether oxygens (including phenoxy) is 1. The molecule has 3 rings (SSSR count). The van der Waals surface area contributed by atoms with Crippen molar-refractivity contribution < 1.29 is 24.2 Å². The first-order valence-electron chi connectivity index (χ1n) is 9.21. The van der Waals surface area contributed by atoms with Gasteiger partial charge in [0.05, 0.1) is 16.8 Å². The maximum absolute atomic E-state index is 12.6. The molecule has 0 radical (unpaired) electrons. The van der Waals surface area contributed by atoms with Gasteiger partial charge in [-0.3, -0.25) is 4.79 Å². The molecule has 0 saturated heterocycles. The largest absolute Gasteiger partial charge is 0.478 e. The van der Waals surface area contributed by atoms with Gasteiger partial charge in [-0.15, -0.1) is 0 Å². The SMILES string of the molecule is CC[C@@]1(C)C[C@H](OC(=O)c2ccccc2)c2cc(C(=O)O)ccc2N1C(C)=O. The molecule has 0 spiro atoms. The van der Waals surface area contributed by atoms with Crippen molar-refractivity contribution in [2.45, 2.75) is 45.3 Å². The zero-order chi connectivity index (χ0) is 20.5. The highest BCUT2D eigenvalue weighted by Gasteiger charge is 2.44. The first-order chi connectivity index (χ1) is 13.3. The first kappa shape index (κ1) is 19.6. The minimum atomic E-state index is -1.07. The fourth-order valence-corrected chi connectivity index (χ4v) is 3.77. The Kier molecular flexibility index (Phi) is 5.23. The van der Waals surface area contributed by atoms with E-state index in [4.69, 9.17) is 4.74 Å². The predicted octanol–water partition coefficient (Wildman–Crippen LogP) is 4.21. The molecule has 6 nitrogen and oxygen atoms in total. The molecule has 0 unspecified atom stereocenters. The smallest absolute Gasteiger partial charge is 0.338 e. The molecule has 2 atom stereocenters. The van der Waals surface area contributed by atoms with E-state index in [0.29, 0.717) is 29.7 Å². The lowest BCUT2D eigenvalue weighted by molar-refractivity contribution is -0.118. The van der Waals surface area contributed by atoms with E-state index < -0.39 is 23.6 Å². The highest BCUT2D eigenvalue weighted by molar-refractivity contribution is 5.96. The normalized spacial score (nSPS) is 21.0. The summed E-state index contributed by atoms with van der Waals surface area (Å²) in [5.41, 5.74) is 1.07. The number of carboxylic acids is 1. The highest BCUT2D eigenvalue weighted by atomic mass is 16.5. The van der Waals surface area contributed by atoms with Gasteiger partial charge in [-0.2, -0.15) is 0 Å². The predicted molar refractivity (Wildman–Crippen MR) is 104 cm³/mol. The fourth-order valence-electron chi connectivity index (χ4n) is 3.77. The number of benzene rings is 2. The van der Waals surface area contributed by atoms with Crippen molar-refractivity contribution in [1.29, 1.82) is 0 Å². The number of nitrogens with zero attached hydrogens (tertiary/aromatic N) is 1. The van der Waals surface area contributed by atoms with Crippen LogP contribution in [0.4, 0.5) is 5.69 Å². The van der Waals surface area contributed by atoms with Crippen LogP contribution in [0.1, 0.15) is 66.0 Å². The van der Waals surface area contributed by atoms with Crippen molar-refractivity contribution in [3.8, 4) is 0 Å². The van der Waals surface area contributed by atoms with E-state index in [2.05, 4.69) is 0 Å². The zero-order valence-corrected chi connectivity index (χ0v) is 16.1. The summed E-state index contributed by atoms with van der Waals surface area (Å²) in [7, 11) is 0. The minimum Gasteiger partial charge on any atom is -0.478 e. The lowest BCUT2D eigenvalue weighted by atomic mass is 9.81. The summed E-state index contributed by atoms with van der Waals surface area (Å²) in [5, 5.41) is 9.37. The number of hydrogen-bond acceptors (Lipinski definition) is 4. The third-order valence-electron chi connectivity index (χ3n) is 5.36. The molecule has 28 heavy (non-hydrogen) atoms. The van der Waals surface area contributed by atoms with Crippen LogP contribution in [0.25, 0.3) is 0 Å². The monoisotopic (exact) mass is 381 g/mol. The second-order valence-corrected chi connectivity index (χ2v) is 7.25. The molecule has 0 saturated carbocycles. The third kappa shape index (κ3) is 3.50. The van der Waals surface area contributed by atoms with E-state index in [1.165, 1.54) is 19.1 Å². The van der Waals surface area contributed by atoms with Crippen LogP contribution in [0.15, 0.2) is 48.5 Å². The van der Waals surface area contributed by atoms with Crippen molar-refractivity contribution in [2.75, 3.05) is 4.90 Å². The standard InChI is InChI=1S/C22H23NO5/c1-4-22(3)13-19(28-21(27)15-8-6-5-7-9-15)17-12-16(20(25)26)10-11-18(17)23(22)14(2)24/h5-12,19H,4,13H2,1-3H3,(H,25,26)/t19-,22-/m0/s1. The van der Waals surface area contributed by atoms with Gasteiger partial charge in [0.1, 0.15) is 6.10 Å². The summed E-state index contributed by atoms with van der Waals surface area (Å²) in [6.45, 7) is 5.41. The average molecular weight is 381 g/mol. The van der Waals surface area contributed by atoms with Gasteiger partial charge in [0.25, 0.3) is 0 Å². The number of amides is 1. The molecule has 0 bridgehead atoms. The van der Waals surface area contributed by atoms with Crippen molar-refractivity contribution in [2.24, 2.45) is 0 Å². The van der Waals surface area contributed by atoms with Crippen molar-refractivity contribution in [3.05, 3.63) is 65.2 Å². The summed E-state index contributed by atoms with van der Waals surface area (Å²) in [6, 6.07) is 13.2. The van der Waals surface area contributed by atoms with Crippen molar-refractivity contribution in [3.63, 3.8) is 0 Å². The minimum absolute atomic E-state index is 0.0862. The number of aromatic carboxylic acids is 1. The maximum atomic E-state index is 12.6. The second kappa shape index (κ2) is 7.46. The fraction of sp³-hybridized carbons (Fsp3) is 0.318. The Labute approximate surface area is 163 Å². The topological polar surface area (TPSA) is 83.9 Å². The number of carbonyl (C=O) groups is 3. The molecule has 1 aliphatic rings. The van der Waals surface area contributed by atoms with E-state index >= 15 is 0 Å². The Morgan fingerprint density at radius 1 is 1.14 bits per heavy atom. The Bertz CT molecular complexity index is 924. The van der Waals surface area contributed by atoms with Gasteiger partial charge < -0.3 is 14.7 Å². The second-order valence-electron chi connectivity index (χ2n) is 7.25. The molecule has 2 aromatic rings. The number of carboxylic acid groups (broad SMARTS) is 1. The summed E-state index contributed by atoms with van der Waals surface area (Å²) < 4.78 is 5.79. The average Bonchev–Trinajstić information content (AvgIpc) is 2.67. The van der Waals surface area contributed by atoms with Gasteiger partial charge in [0.2, 0.25) is 5.91 Å². The molecule has 1 heterocycles. The summed E-state index contributed by atoms with van der Waals surface area (Å²) >= 11 is 0. The lowest BCUT2D eigenvalue weighted by Crippen LogP contribution is -2.53. The molecule has 1 N–H and O–H groups in total. The van der Waals surface area contributed by atoms with E-state index in [9.17, 15) is 19.5 Å². The van der Waals surface area contributed by atoms with E-state index in [0.717, 1.165) is 0 Å². The van der Waals surface area contributed by atoms with Crippen LogP contribution in [-0.4, -0.2) is 28.5 Å². The Balaban J connectivity index is 2.08. The quantitative estimate of drug-likeness (QED) is 0.802. The summed E-state index contributed by atoms with van der Waals surface area (Å²) in [5.74, 6) is -1.69. The van der Waals surface area contributed by atoms with E-state index in [1.807, 2.05) is 19.9 Å². The molecule has 0 fully saturated rings. The van der Waals surface area contributed by atoms with Crippen LogP contribution in [0.3, 0.4) is 0 Å². The highest BCUT2D eigenvalue weighted by Crippen LogP contribution is 2.46. The molecule has 1 aliphatic heterocycles. The summed E-state index contributed by atoms with van der Waals surface area (Å²) in [4.78, 5) is 38.2. The molecular formula is C22H23NO5. The van der Waals surface area contributed by atoms with Crippen LogP contribution < -0.4 is 4.90 Å². The van der Waals surface area contributed by atoms with E-state index in [1.54, 1.807) is 35.2 Å². The first-order valence-corrected chi connectivity index (χ1v) is 9.21. The van der Waals surface area contributed by atoms with Gasteiger partial charge in [-0.05, 0) is 43.7 Å².